The number of carbonyl (C=O) groups excluding carboxylic acids is 1. The minimum Gasteiger partial charge on any atom is -0.383 e. The first-order chi connectivity index (χ1) is 16.5. The summed E-state index contributed by atoms with van der Waals surface area (Å²) in [7, 11) is 1.67. The molecular formula is C25H27FN4O2S2. The van der Waals surface area contributed by atoms with Crippen LogP contribution in [0.5, 0.6) is 0 Å². The number of aromatic nitrogens is 1. The van der Waals surface area contributed by atoms with E-state index in [1.807, 2.05) is 29.6 Å². The van der Waals surface area contributed by atoms with Gasteiger partial charge in [0.05, 0.1) is 11.6 Å². The van der Waals surface area contributed by atoms with Gasteiger partial charge < -0.3 is 20.3 Å². The van der Waals surface area contributed by atoms with E-state index in [1.54, 1.807) is 19.2 Å². The molecule has 178 valence electrons. The molecular weight excluding hydrogens is 471 g/mol. The van der Waals surface area contributed by atoms with Crippen LogP contribution in [0.15, 0.2) is 53.9 Å². The van der Waals surface area contributed by atoms with Crippen LogP contribution < -0.4 is 10.6 Å². The number of anilines is 1. The molecule has 0 aliphatic carbocycles. The molecule has 9 heteroatoms. The van der Waals surface area contributed by atoms with Crippen molar-refractivity contribution in [2.24, 2.45) is 0 Å². The number of para-hydroxylation sites is 1. The van der Waals surface area contributed by atoms with E-state index in [9.17, 15) is 9.18 Å². The fourth-order valence-electron chi connectivity index (χ4n) is 3.94. The molecule has 0 unspecified atom stereocenters. The fourth-order valence-corrected chi connectivity index (χ4v) is 5.20. The number of halogens is 1. The first-order valence-electron chi connectivity index (χ1n) is 11.2. The molecule has 2 N–H and O–H groups in total. The molecule has 34 heavy (non-hydrogen) atoms. The Hall–Kier alpha value is -2.88. The maximum absolute atomic E-state index is 13.3. The summed E-state index contributed by atoms with van der Waals surface area (Å²) in [5, 5.41) is 9.74. The Labute approximate surface area is 208 Å². The van der Waals surface area contributed by atoms with E-state index >= 15 is 0 Å². The van der Waals surface area contributed by atoms with E-state index < -0.39 is 0 Å². The second-order valence-electron chi connectivity index (χ2n) is 8.06. The van der Waals surface area contributed by atoms with Crippen molar-refractivity contribution in [1.29, 1.82) is 0 Å². The molecule has 0 atom stereocenters. The number of likely N-dealkylation sites (tertiary alicyclic amines) is 1. The van der Waals surface area contributed by atoms with Gasteiger partial charge in [-0.05, 0) is 48.8 Å². The zero-order chi connectivity index (χ0) is 23.9. The number of benzene rings is 2. The van der Waals surface area contributed by atoms with Gasteiger partial charge in [0.2, 0.25) is 0 Å². The highest BCUT2D eigenvalue weighted by Gasteiger charge is 2.25. The van der Waals surface area contributed by atoms with E-state index in [-0.39, 0.29) is 11.7 Å². The highest BCUT2D eigenvalue weighted by Crippen LogP contribution is 2.32. The molecule has 6 nitrogen and oxygen atoms in total. The number of thiazole rings is 1. The number of hydrogen-bond acceptors (Lipinski definition) is 5. The van der Waals surface area contributed by atoms with Crippen molar-refractivity contribution in [3.63, 3.8) is 0 Å². The summed E-state index contributed by atoms with van der Waals surface area (Å²) in [4.78, 5) is 19.8. The minimum absolute atomic E-state index is 0.252. The Morgan fingerprint density at radius 2 is 1.94 bits per heavy atom. The van der Waals surface area contributed by atoms with Gasteiger partial charge in [-0.1, -0.05) is 30.3 Å². The van der Waals surface area contributed by atoms with Crippen molar-refractivity contribution in [2.45, 2.75) is 18.8 Å². The van der Waals surface area contributed by atoms with Crippen molar-refractivity contribution in [3.05, 3.63) is 70.4 Å². The number of piperidine rings is 1. The molecule has 1 aliphatic rings. The third kappa shape index (κ3) is 5.97. The molecule has 3 aromatic rings. The summed E-state index contributed by atoms with van der Waals surface area (Å²) >= 11 is 7.00. The number of ether oxygens (including phenoxy) is 1. The molecule has 1 saturated heterocycles. The number of rotatable bonds is 7. The van der Waals surface area contributed by atoms with Crippen LogP contribution in [0.3, 0.4) is 0 Å². The van der Waals surface area contributed by atoms with Crippen LogP contribution in [-0.4, -0.2) is 54.3 Å². The number of methoxy groups -OCH3 is 1. The summed E-state index contributed by atoms with van der Waals surface area (Å²) in [5.74, 6) is -0.232. The predicted molar refractivity (Wildman–Crippen MR) is 138 cm³/mol. The monoisotopic (exact) mass is 498 g/mol. The molecule has 1 aromatic heterocycles. The lowest BCUT2D eigenvalue weighted by Gasteiger charge is -2.33. The lowest BCUT2D eigenvalue weighted by Crippen LogP contribution is -2.44. The van der Waals surface area contributed by atoms with Crippen molar-refractivity contribution < 1.29 is 13.9 Å². The quantitative estimate of drug-likeness (QED) is 0.357. The van der Waals surface area contributed by atoms with Crippen LogP contribution in [0.2, 0.25) is 0 Å². The van der Waals surface area contributed by atoms with E-state index in [0.717, 1.165) is 47.2 Å². The van der Waals surface area contributed by atoms with Crippen molar-refractivity contribution in [3.8, 4) is 11.1 Å². The van der Waals surface area contributed by atoms with Crippen LogP contribution in [0.4, 0.5) is 10.1 Å². The average molecular weight is 499 g/mol. The Kier molecular flexibility index (Phi) is 8.21. The number of nitrogens with one attached hydrogen (secondary N) is 2. The van der Waals surface area contributed by atoms with Gasteiger partial charge in [-0.15, -0.1) is 11.3 Å². The largest absolute Gasteiger partial charge is 0.383 e. The van der Waals surface area contributed by atoms with Crippen LogP contribution in [0.1, 0.15) is 34.3 Å². The first kappa shape index (κ1) is 24.3. The Bertz CT molecular complexity index is 1130. The lowest BCUT2D eigenvalue weighted by atomic mass is 9.98. The highest BCUT2D eigenvalue weighted by molar-refractivity contribution is 7.80. The molecule has 4 rings (SSSR count). The van der Waals surface area contributed by atoms with Crippen LogP contribution in [-0.2, 0) is 4.74 Å². The summed E-state index contributed by atoms with van der Waals surface area (Å²) in [6.07, 6.45) is 1.88. The van der Waals surface area contributed by atoms with E-state index in [1.165, 1.54) is 23.5 Å². The zero-order valence-electron chi connectivity index (χ0n) is 18.9. The van der Waals surface area contributed by atoms with Gasteiger partial charge in [0.1, 0.15) is 11.5 Å². The molecule has 1 fully saturated rings. The second kappa shape index (κ2) is 11.5. The maximum atomic E-state index is 13.3. The molecule has 1 aliphatic heterocycles. The lowest BCUT2D eigenvalue weighted by molar-refractivity contribution is 0.102. The van der Waals surface area contributed by atoms with Gasteiger partial charge in [0.25, 0.3) is 5.91 Å². The zero-order valence-corrected chi connectivity index (χ0v) is 20.6. The number of hydrogen-bond donors (Lipinski definition) is 2. The standard InChI is InChI=1S/C25H27FN4O2S2/c1-32-15-12-27-25(33)30-13-10-18(11-14-30)24-29-22(16-34-24)23(31)28-21-5-3-2-4-20(21)17-6-8-19(26)9-7-17/h2-9,16,18H,10-15H2,1H3,(H,27,33)(H,28,31). The van der Waals surface area contributed by atoms with E-state index in [0.29, 0.717) is 30.5 Å². The fraction of sp³-hybridized carbons (Fsp3) is 0.320. The number of amides is 1. The Morgan fingerprint density at radius 3 is 2.68 bits per heavy atom. The Balaban J connectivity index is 1.37. The summed E-state index contributed by atoms with van der Waals surface area (Å²) in [6, 6.07) is 13.7. The van der Waals surface area contributed by atoms with E-state index in [2.05, 4.69) is 20.5 Å². The molecule has 1 amide bonds. The van der Waals surface area contributed by atoms with E-state index in [4.69, 9.17) is 17.0 Å². The molecule has 0 radical (unpaired) electrons. The number of thiocarbonyl (C=S) groups is 1. The van der Waals surface area contributed by atoms with Crippen molar-refractivity contribution >= 4 is 40.3 Å². The maximum Gasteiger partial charge on any atom is 0.275 e. The Morgan fingerprint density at radius 1 is 1.21 bits per heavy atom. The van der Waals surface area contributed by atoms with Crippen LogP contribution in [0, 0.1) is 5.82 Å². The second-order valence-corrected chi connectivity index (χ2v) is 9.34. The van der Waals surface area contributed by atoms with Crippen LogP contribution >= 0.6 is 23.6 Å². The first-order valence-corrected chi connectivity index (χ1v) is 12.5. The van der Waals surface area contributed by atoms with Gasteiger partial charge in [-0.25, -0.2) is 9.37 Å². The molecule has 0 spiro atoms. The van der Waals surface area contributed by atoms with Crippen LogP contribution in [0.25, 0.3) is 11.1 Å². The van der Waals surface area contributed by atoms with Crippen molar-refractivity contribution in [2.75, 3.05) is 38.7 Å². The SMILES string of the molecule is COCCNC(=S)N1CCC(c2nc(C(=O)Nc3ccccc3-c3ccc(F)cc3)cs2)CC1. The summed E-state index contributed by atoms with van der Waals surface area (Å²) in [6.45, 7) is 3.03. The molecule has 2 heterocycles. The topological polar surface area (TPSA) is 66.5 Å². The molecule has 2 aromatic carbocycles. The third-order valence-electron chi connectivity index (χ3n) is 5.80. The normalized spacial score (nSPS) is 14.1. The van der Waals surface area contributed by atoms with Gasteiger partial charge in [0.15, 0.2) is 5.11 Å². The minimum atomic E-state index is -0.296. The average Bonchev–Trinajstić information content (AvgIpc) is 3.36. The van der Waals surface area contributed by atoms with Gasteiger partial charge in [-0.3, -0.25) is 4.79 Å². The van der Waals surface area contributed by atoms with Gasteiger partial charge >= 0.3 is 0 Å². The number of carbonyl (C=O) groups is 1. The smallest absolute Gasteiger partial charge is 0.275 e. The predicted octanol–water partition coefficient (Wildman–Crippen LogP) is 4.90. The molecule has 0 bridgehead atoms. The van der Waals surface area contributed by atoms with Crippen molar-refractivity contribution in [1.82, 2.24) is 15.2 Å². The number of nitrogens with zero attached hydrogens (tertiary/aromatic N) is 2. The summed E-state index contributed by atoms with van der Waals surface area (Å²) < 4.78 is 18.4. The van der Waals surface area contributed by atoms with Gasteiger partial charge in [0, 0.05) is 49.3 Å². The van der Waals surface area contributed by atoms with Gasteiger partial charge in [-0.2, -0.15) is 0 Å². The highest BCUT2D eigenvalue weighted by atomic mass is 32.1. The third-order valence-corrected chi connectivity index (χ3v) is 7.21. The summed E-state index contributed by atoms with van der Waals surface area (Å²) in [5.41, 5.74) is 2.73. The molecule has 0 saturated carbocycles.